The summed E-state index contributed by atoms with van der Waals surface area (Å²) in [5.74, 6) is 1.54. The number of aromatic amines is 1. The number of halogens is 3. The van der Waals surface area contributed by atoms with Crippen LogP contribution in [0.2, 0.25) is 0 Å². The predicted octanol–water partition coefficient (Wildman–Crippen LogP) is 5.35. The summed E-state index contributed by atoms with van der Waals surface area (Å²) >= 11 is 0. The average molecular weight is 470 g/mol. The Morgan fingerprint density at radius 3 is 2.62 bits per heavy atom. The molecule has 178 valence electrons. The molecule has 1 aliphatic carbocycles. The molecule has 34 heavy (non-hydrogen) atoms. The normalized spacial score (nSPS) is 16.3. The first-order chi connectivity index (χ1) is 16.3. The molecule has 3 heterocycles. The number of benzene rings is 1. The van der Waals surface area contributed by atoms with Gasteiger partial charge < -0.3 is 9.88 Å². The van der Waals surface area contributed by atoms with E-state index in [-0.39, 0.29) is 6.04 Å². The zero-order valence-corrected chi connectivity index (χ0v) is 19.2. The van der Waals surface area contributed by atoms with Gasteiger partial charge in [0.1, 0.15) is 12.2 Å². The number of fused-ring (bicyclic) bond motifs is 2. The van der Waals surface area contributed by atoms with Crippen molar-refractivity contribution in [1.82, 2.24) is 29.7 Å². The minimum atomic E-state index is -4.38. The van der Waals surface area contributed by atoms with Gasteiger partial charge in [-0.15, -0.1) is 0 Å². The Morgan fingerprint density at radius 1 is 1.18 bits per heavy atom. The lowest BCUT2D eigenvalue weighted by molar-refractivity contribution is -0.137. The van der Waals surface area contributed by atoms with Gasteiger partial charge in [0, 0.05) is 23.8 Å². The predicted molar refractivity (Wildman–Crippen MR) is 124 cm³/mol. The zero-order chi connectivity index (χ0) is 24.0. The lowest BCUT2D eigenvalue weighted by atomic mass is 9.89. The Labute approximate surface area is 194 Å². The number of anilines is 1. The Kier molecular flexibility index (Phi) is 5.53. The molecule has 0 bridgehead atoms. The smallest absolute Gasteiger partial charge is 0.365 e. The molecule has 1 aromatic carbocycles. The van der Waals surface area contributed by atoms with Crippen LogP contribution in [0.4, 0.5) is 19.0 Å². The molecule has 7 nitrogen and oxygen atoms in total. The molecule has 5 rings (SSSR count). The third-order valence-electron chi connectivity index (χ3n) is 6.38. The summed E-state index contributed by atoms with van der Waals surface area (Å²) in [7, 11) is 0. The van der Waals surface area contributed by atoms with Crippen LogP contribution in [0.5, 0.6) is 0 Å². The molecule has 10 heteroatoms. The number of alkyl halides is 3. The SMILES string of the molecule is CCn1c(-c2ccc(C(F)(F)F)cc2)nc2c(N[C@@H]3CCc4[nH]nc(C(C)C)c4C3)ncnc21. The summed E-state index contributed by atoms with van der Waals surface area (Å²) in [6.07, 6.45) is -0.207. The van der Waals surface area contributed by atoms with E-state index in [4.69, 9.17) is 4.98 Å². The second-order valence-electron chi connectivity index (χ2n) is 8.95. The number of imidazole rings is 1. The fourth-order valence-corrected chi connectivity index (χ4v) is 4.68. The molecule has 0 aliphatic heterocycles. The van der Waals surface area contributed by atoms with E-state index in [2.05, 4.69) is 39.3 Å². The van der Waals surface area contributed by atoms with Crippen LogP contribution in [0.3, 0.4) is 0 Å². The Bertz CT molecular complexity index is 1320. The summed E-state index contributed by atoms with van der Waals surface area (Å²) in [4.78, 5) is 13.7. The fraction of sp³-hybridized carbons (Fsp3) is 0.417. The van der Waals surface area contributed by atoms with Gasteiger partial charge in [-0.2, -0.15) is 18.3 Å². The molecule has 4 aromatic rings. The second kappa shape index (κ2) is 8.41. The van der Waals surface area contributed by atoms with Gasteiger partial charge in [-0.3, -0.25) is 5.10 Å². The van der Waals surface area contributed by atoms with Crippen LogP contribution in [-0.4, -0.2) is 35.8 Å². The van der Waals surface area contributed by atoms with Crippen LogP contribution >= 0.6 is 0 Å². The van der Waals surface area contributed by atoms with E-state index in [0.717, 1.165) is 37.1 Å². The number of aromatic nitrogens is 6. The van der Waals surface area contributed by atoms with Crippen molar-refractivity contribution >= 4 is 17.0 Å². The van der Waals surface area contributed by atoms with Crippen LogP contribution in [0, 0.1) is 0 Å². The Balaban J connectivity index is 1.48. The molecule has 0 radical (unpaired) electrons. The lowest BCUT2D eigenvalue weighted by Crippen LogP contribution is -2.28. The quantitative estimate of drug-likeness (QED) is 0.412. The second-order valence-corrected chi connectivity index (χ2v) is 8.95. The van der Waals surface area contributed by atoms with Crippen molar-refractivity contribution in [1.29, 1.82) is 0 Å². The topological polar surface area (TPSA) is 84.3 Å². The van der Waals surface area contributed by atoms with Crippen LogP contribution in [0.15, 0.2) is 30.6 Å². The first kappa shape index (κ1) is 22.4. The van der Waals surface area contributed by atoms with Crippen LogP contribution < -0.4 is 5.32 Å². The number of hydrogen-bond acceptors (Lipinski definition) is 5. The number of nitrogens with one attached hydrogen (secondary N) is 2. The van der Waals surface area contributed by atoms with Gasteiger partial charge in [-0.25, -0.2) is 15.0 Å². The van der Waals surface area contributed by atoms with E-state index in [1.165, 1.54) is 29.7 Å². The van der Waals surface area contributed by atoms with E-state index >= 15 is 0 Å². The lowest BCUT2D eigenvalue weighted by Gasteiger charge is -2.24. The van der Waals surface area contributed by atoms with Crippen molar-refractivity contribution < 1.29 is 13.2 Å². The van der Waals surface area contributed by atoms with Crippen molar-refractivity contribution in [3.63, 3.8) is 0 Å². The highest BCUT2D eigenvalue weighted by Crippen LogP contribution is 2.33. The first-order valence-corrected chi connectivity index (χ1v) is 11.5. The van der Waals surface area contributed by atoms with Gasteiger partial charge >= 0.3 is 6.18 Å². The van der Waals surface area contributed by atoms with E-state index in [1.54, 1.807) is 0 Å². The van der Waals surface area contributed by atoms with Gasteiger partial charge in [-0.1, -0.05) is 26.0 Å². The summed E-state index contributed by atoms with van der Waals surface area (Å²) in [5.41, 5.74) is 4.76. The van der Waals surface area contributed by atoms with Gasteiger partial charge in [0.2, 0.25) is 0 Å². The van der Waals surface area contributed by atoms with E-state index < -0.39 is 11.7 Å². The highest BCUT2D eigenvalue weighted by atomic mass is 19.4. The molecule has 0 amide bonds. The molecule has 1 atom stereocenters. The highest BCUT2D eigenvalue weighted by molar-refractivity contribution is 5.86. The van der Waals surface area contributed by atoms with E-state index in [0.29, 0.717) is 40.8 Å². The zero-order valence-electron chi connectivity index (χ0n) is 19.2. The standard InChI is InChI=1S/C24H26F3N7/c1-4-34-22(14-5-7-15(8-6-14)24(25,26)27)31-20-21(28-12-29-23(20)34)30-16-9-10-18-17(11-16)19(13(2)3)33-32-18/h5-8,12-13,16H,4,9-11H2,1-3H3,(H,32,33)(H,28,29,30)/t16-/m1/s1. The highest BCUT2D eigenvalue weighted by Gasteiger charge is 2.30. The van der Waals surface area contributed by atoms with E-state index in [1.807, 2.05) is 11.5 Å². The van der Waals surface area contributed by atoms with Crippen LogP contribution in [0.25, 0.3) is 22.6 Å². The minimum absolute atomic E-state index is 0.169. The molecule has 3 aromatic heterocycles. The monoisotopic (exact) mass is 469 g/mol. The number of nitrogens with zero attached hydrogens (tertiary/aromatic N) is 5. The van der Waals surface area contributed by atoms with Crippen LogP contribution in [0.1, 0.15) is 55.6 Å². The van der Waals surface area contributed by atoms with Gasteiger partial charge in [-0.05, 0) is 49.8 Å². The maximum Gasteiger partial charge on any atom is 0.416 e. The van der Waals surface area contributed by atoms with Gasteiger partial charge in [0.05, 0.1) is 11.3 Å². The minimum Gasteiger partial charge on any atom is -0.365 e. The third-order valence-corrected chi connectivity index (χ3v) is 6.38. The van der Waals surface area contributed by atoms with Crippen LogP contribution in [-0.2, 0) is 25.6 Å². The summed E-state index contributed by atoms with van der Waals surface area (Å²) in [6, 6.07) is 5.23. The van der Waals surface area contributed by atoms with E-state index in [9.17, 15) is 13.2 Å². The number of hydrogen-bond donors (Lipinski definition) is 2. The van der Waals surface area contributed by atoms with Crippen molar-refractivity contribution in [2.75, 3.05) is 5.32 Å². The summed E-state index contributed by atoms with van der Waals surface area (Å²) in [5, 5.41) is 11.2. The number of H-pyrrole nitrogens is 1. The maximum absolute atomic E-state index is 13.0. The largest absolute Gasteiger partial charge is 0.416 e. The molecule has 2 N–H and O–H groups in total. The molecule has 0 fully saturated rings. The van der Waals surface area contributed by atoms with Crippen molar-refractivity contribution in [3.8, 4) is 11.4 Å². The maximum atomic E-state index is 13.0. The number of aryl methyl sites for hydroxylation is 2. The van der Waals surface area contributed by atoms with Crippen molar-refractivity contribution in [2.45, 2.75) is 64.7 Å². The first-order valence-electron chi connectivity index (χ1n) is 11.5. The Hall–Kier alpha value is -3.43. The Morgan fingerprint density at radius 2 is 1.94 bits per heavy atom. The number of rotatable bonds is 5. The molecule has 1 aliphatic rings. The summed E-state index contributed by atoms with van der Waals surface area (Å²) < 4.78 is 40.9. The van der Waals surface area contributed by atoms with Crippen molar-refractivity contribution in [2.24, 2.45) is 0 Å². The fourth-order valence-electron chi connectivity index (χ4n) is 4.68. The molecular formula is C24H26F3N7. The molecule has 0 unspecified atom stereocenters. The molecular weight excluding hydrogens is 443 g/mol. The summed E-state index contributed by atoms with van der Waals surface area (Å²) in [6.45, 7) is 6.81. The third kappa shape index (κ3) is 3.91. The van der Waals surface area contributed by atoms with Crippen molar-refractivity contribution in [3.05, 3.63) is 53.1 Å². The van der Waals surface area contributed by atoms with Gasteiger partial charge in [0.15, 0.2) is 17.0 Å². The molecule has 0 saturated heterocycles. The molecule has 0 saturated carbocycles. The average Bonchev–Trinajstić information content (AvgIpc) is 3.40. The van der Waals surface area contributed by atoms with Gasteiger partial charge in [0.25, 0.3) is 0 Å². The molecule has 0 spiro atoms.